The molecule has 0 aromatic heterocycles. The maximum Gasteiger partial charge on any atom is 0.150 e. The number of nitrogens with zero attached hydrogens (tertiary/aromatic N) is 1. The second-order valence-electron chi connectivity index (χ2n) is 4.65. The third kappa shape index (κ3) is 2.19. The van der Waals surface area contributed by atoms with Gasteiger partial charge in [-0.15, -0.1) is 0 Å². The van der Waals surface area contributed by atoms with Crippen molar-refractivity contribution in [2.45, 2.75) is 12.8 Å². The first kappa shape index (κ1) is 12.5. The summed E-state index contributed by atoms with van der Waals surface area (Å²) >= 11 is 0. The molecule has 0 amide bonds. The Morgan fingerprint density at radius 3 is 2.80 bits per heavy atom. The van der Waals surface area contributed by atoms with Crippen LogP contribution in [0.4, 0.5) is 10.1 Å². The summed E-state index contributed by atoms with van der Waals surface area (Å²) in [6, 6.07) is 12.0. The molecule has 4 heteroatoms. The molecule has 0 spiro atoms. The van der Waals surface area contributed by atoms with Crippen molar-refractivity contribution in [1.29, 1.82) is 5.26 Å². The highest BCUT2D eigenvalue weighted by atomic mass is 19.1. The second kappa shape index (κ2) is 5.22. The van der Waals surface area contributed by atoms with E-state index in [1.54, 1.807) is 6.07 Å². The van der Waals surface area contributed by atoms with Gasteiger partial charge < -0.3 is 10.1 Å². The van der Waals surface area contributed by atoms with E-state index in [1.807, 2.05) is 24.3 Å². The van der Waals surface area contributed by atoms with Crippen LogP contribution in [-0.2, 0) is 6.42 Å². The van der Waals surface area contributed by atoms with Crippen molar-refractivity contribution in [3.05, 3.63) is 53.3 Å². The van der Waals surface area contributed by atoms with Crippen molar-refractivity contribution in [2.75, 3.05) is 11.9 Å². The maximum atomic E-state index is 13.6. The molecule has 1 heterocycles. The lowest BCUT2D eigenvalue weighted by atomic mass is 10.0. The number of para-hydroxylation sites is 1. The summed E-state index contributed by atoms with van der Waals surface area (Å²) in [5, 5.41) is 12.3. The number of aryl methyl sites for hydroxylation is 1. The Morgan fingerprint density at radius 1 is 1.15 bits per heavy atom. The van der Waals surface area contributed by atoms with Crippen LogP contribution in [0, 0.1) is 17.1 Å². The number of rotatable bonds is 2. The van der Waals surface area contributed by atoms with Gasteiger partial charge in [0.1, 0.15) is 23.2 Å². The first-order chi connectivity index (χ1) is 9.79. The molecule has 0 saturated heterocycles. The number of hydrogen-bond donors (Lipinski definition) is 1. The molecule has 1 aliphatic rings. The van der Waals surface area contributed by atoms with Crippen LogP contribution in [0.2, 0.25) is 0 Å². The first-order valence-electron chi connectivity index (χ1n) is 6.52. The van der Waals surface area contributed by atoms with Gasteiger partial charge in [0.2, 0.25) is 0 Å². The number of nitriles is 1. The summed E-state index contributed by atoms with van der Waals surface area (Å²) in [6.45, 7) is 0.891. The highest BCUT2D eigenvalue weighted by molar-refractivity contribution is 5.64. The summed E-state index contributed by atoms with van der Waals surface area (Å²) in [5.74, 6) is 0.306. The van der Waals surface area contributed by atoms with Crippen molar-refractivity contribution in [3.63, 3.8) is 0 Å². The first-order valence-corrected chi connectivity index (χ1v) is 6.52. The van der Waals surface area contributed by atoms with Crippen LogP contribution in [0.5, 0.6) is 11.5 Å². The average molecular weight is 268 g/mol. The molecule has 100 valence electrons. The molecule has 0 unspecified atom stereocenters. The molecule has 0 bridgehead atoms. The van der Waals surface area contributed by atoms with Gasteiger partial charge in [0.15, 0.2) is 5.75 Å². The molecule has 0 radical (unpaired) electrons. The highest BCUT2D eigenvalue weighted by Gasteiger charge is 2.16. The molecular formula is C16H13FN2O. The molecule has 2 aromatic rings. The number of halogens is 1. The zero-order valence-electron chi connectivity index (χ0n) is 10.8. The Morgan fingerprint density at radius 2 is 1.95 bits per heavy atom. The molecule has 2 aromatic carbocycles. The summed E-state index contributed by atoms with van der Waals surface area (Å²) < 4.78 is 19.3. The van der Waals surface area contributed by atoms with Crippen molar-refractivity contribution >= 4 is 5.69 Å². The Bertz CT molecular complexity index is 691. The Kier molecular flexibility index (Phi) is 3.26. The zero-order chi connectivity index (χ0) is 13.9. The minimum atomic E-state index is -0.567. The molecule has 0 atom stereocenters. The van der Waals surface area contributed by atoms with Crippen LogP contribution >= 0.6 is 0 Å². The normalized spacial score (nSPS) is 13.0. The number of hydrogen-bond acceptors (Lipinski definition) is 3. The highest BCUT2D eigenvalue weighted by Crippen LogP contribution is 2.36. The molecule has 3 rings (SSSR count). The van der Waals surface area contributed by atoms with E-state index < -0.39 is 5.82 Å². The van der Waals surface area contributed by atoms with Crippen LogP contribution in [0.15, 0.2) is 36.4 Å². The lowest BCUT2D eigenvalue weighted by Gasteiger charge is -2.21. The van der Waals surface area contributed by atoms with Crippen LogP contribution in [0.3, 0.4) is 0 Å². The monoisotopic (exact) mass is 268 g/mol. The van der Waals surface area contributed by atoms with E-state index in [0.717, 1.165) is 25.1 Å². The van der Waals surface area contributed by atoms with Gasteiger partial charge in [-0.2, -0.15) is 5.26 Å². The Balaban J connectivity index is 2.01. The van der Waals surface area contributed by atoms with Gasteiger partial charge >= 0.3 is 0 Å². The fourth-order valence-corrected chi connectivity index (χ4v) is 2.38. The number of anilines is 1. The van der Waals surface area contributed by atoms with Crippen molar-refractivity contribution in [2.24, 2.45) is 0 Å². The van der Waals surface area contributed by atoms with Gasteiger partial charge in [-0.3, -0.25) is 0 Å². The summed E-state index contributed by atoms with van der Waals surface area (Å²) in [4.78, 5) is 0. The Hall–Kier alpha value is -2.54. The minimum absolute atomic E-state index is 0.0686. The van der Waals surface area contributed by atoms with E-state index in [4.69, 9.17) is 10.00 Å². The van der Waals surface area contributed by atoms with Crippen molar-refractivity contribution in [1.82, 2.24) is 0 Å². The third-order valence-corrected chi connectivity index (χ3v) is 3.34. The quantitative estimate of drug-likeness (QED) is 0.899. The third-order valence-electron chi connectivity index (χ3n) is 3.34. The number of fused-ring (bicyclic) bond motifs is 1. The van der Waals surface area contributed by atoms with E-state index in [0.29, 0.717) is 5.75 Å². The average Bonchev–Trinajstić information content (AvgIpc) is 2.48. The smallest absolute Gasteiger partial charge is 0.150 e. The molecule has 20 heavy (non-hydrogen) atoms. The van der Waals surface area contributed by atoms with Gasteiger partial charge in [0.25, 0.3) is 0 Å². The lowest BCUT2D eigenvalue weighted by molar-refractivity contribution is 0.474. The van der Waals surface area contributed by atoms with E-state index in [-0.39, 0.29) is 11.3 Å². The van der Waals surface area contributed by atoms with Gasteiger partial charge in [-0.25, -0.2) is 4.39 Å². The van der Waals surface area contributed by atoms with E-state index in [1.165, 1.54) is 17.7 Å². The van der Waals surface area contributed by atoms with Gasteiger partial charge in [0, 0.05) is 6.54 Å². The molecular weight excluding hydrogens is 255 g/mol. The summed E-state index contributed by atoms with van der Waals surface area (Å²) in [7, 11) is 0. The van der Waals surface area contributed by atoms with E-state index in [9.17, 15) is 4.39 Å². The van der Waals surface area contributed by atoms with Crippen molar-refractivity contribution in [3.8, 4) is 17.6 Å². The maximum absolute atomic E-state index is 13.6. The second-order valence-corrected chi connectivity index (χ2v) is 4.65. The predicted molar refractivity (Wildman–Crippen MR) is 74.4 cm³/mol. The minimum Gasteiger partial charge on any atom is -0.454 e. The van der Waals surface area contributed by atoms with Crippen LogP contribution in [0.25, 0.3) is 0 Å². The largest absolute Gasteiger partial charge is 0.454 e. The molecule has 1 aliphatic heterocycles. The van der Waals surface area contributed by atoms with E-state index in [2.05, 4.69) is 5.32 Å². The van der Waals surface area contributed by atoms with Crippen LogP contribution in [-0.4, -0.2) is 6.54 Å². The van der Waals surface area contributed by atoms with Crippen LogP contribution < -0.4 is 10.1 Å². The van der Waals surface area contributed by atoms with E-state index >= 15 is 0 Å². The zero-order valence-corrected chi connectivity index (χ0v) is 10.8. The topological polar surface area (TPSA) is 45.0 Å². The lowest BCUT2D eigenvalue weighted by Crippen LogP contribution is -2.12. The summed E-state index contributed by atoms with van der Waals surface area (Å²) in [6.07, 6.45) is 2.08. The van der Waals surface area contributed by atoms with Crippen LogP contribution in [0.1, 0.15) is 17.5 Å². The molecule has 3 nitrogen and oxygen atoms in total. The predicted octanol–water partition coefficient (Wildman–Crippen LogP) is 3.85. The Labute approximate surface area is 116 Å². The molecule has 0 aliphatic carbocycles. The van der Waals surface area contributed by atoms with Crippen molar-refractivity contribution < 1.29 is 9.13 Å². The number of ether oxygens (including phenoxy) is 1. The summed E-state index contributed by atoms with van der Waals surface area (Å²) in [5.41, 5.74) is 2.05. The standard InChI is InChI=1S/C16H13FN2O/c17-13-6-2-7-14(12(13)10-18)20-15-8-1-4-11-5-3-9-19-16(11)15/h1-2,4,6-8,19H,3,5,9H2. The SMILES string of the molecule is N#Cc1c(F)cccc1Oc1cccc2c1NCCC2. The fraction of sp³-hybridized carbons (Fsp3) is 0.188. The number of nitrogens with one attached hydrogen (secondary N) is 1. The molecule has 0 fully saturated rings. The number of benzene rings is 2. The van der Waals surface area contributed by atoms with Gasteiger partial charge in [-0.1, -0.05) is 18.2 Å². The molecule has 0 saturated carbocycles. The van der Waals surface area contributed by atoms with Gasteiger partial charge in [-0.05, 0) is 36.6 Å². The molecule has 1 N–H and O–H groups in total. The van der Waals surface area contributed by atoms with Gasteiger partial charge in [0.05, 0.1) is 5.69 Å². The fourth-order valence-electron chi connectivity index (χ4n) is 2.38.